The number of nitrogens with zero attached hydrogens (tertiary/aromatic N) is 1. The molecule has 0 aliphatic carbocycles. The molecule has 0 fully saturated rings. The van der Waals surface area contributed by atoms with Gasteiger partial charge in [0.25, 0.3) is 5.91 Å². The Morgan fingerprint density at radius 1 is 1.43 bits per heavy atom. The highest BCUT2D eigenvalue weighted by molar-refractivity contribution is 7.16. The molecule has 1 N–H and O–H groups in total. The van der Waals surface area contributed by atoms with Crippen LogP contribution >= 0.6 is 11.3 Å². The molecule has 7 heteroatoms. The molecule has 5 nitrogen and oxygen atoms in total. The molecule has 0 spiro atoms. The van der Waals surface area contributed by atoms with E-state index in [4.69, 9.17) is 4.74 Å². The summed E-state index contributed by atoms with van der Waals surface area (Å²) in [5.41, 5.74) is 0.222. The molecule has 0 aliphatic rings. The minimum Gasteiger partial charge on any atom is -0.462 e. The number of amides is 1. The number of thiophene rings is 1. The Kier molecular flexibility index (Phi) is 4.64. The van der Waals surface area contributed by atoms with Crippen LogP contribution < -0.4 is 5.32 Å². The van der Waals surface area contributed by atoms with Gasteiger partial charge in [0, 0.05) is 4.88 Å². The van der Waals surface area contributed by atoms with Crippen LogP contribution in [-0.2, 0) is 4.74 Å². The van der Waals surface area contributed by atoms with Crippen molar-refractivity contribution in [2.75, 3.05) is 11.9 Å². The number of carbonyl (C=O) groups is 2. The number of hydrogen-bond acceptors (Lipinski definition) is 5. The molecule has 0 aliphatic heterocycles. The summed E-state index contributed by atoms with van der Waals surface area (Å²) in [4.78, 5) is 28.2. The molecule has 2 rings (SSSR count). The Labute approximate surface area is 124 Å². The lowest BCUT2D eigenvalue weighted by atomic mass is 10.3. The fraction of sp³-hybridized carbons (Fsp3) is 0.214. The number of hydrogen-bond donors (Lipinski definition) is 1. The first kappa shape index (κ1) is 15.1. The molecule has 2 aromatic rings. The topological polar surface area (TPSA) is 68.3 Å². The number of esters is 1. The van der Waals surface area contributed by atoms with Gasteiger partial charge >= 0.3 is 5.97 Å². The lowest BCUT2D eigenvalue weighted by Crippen LogP contribution is -2.15. The second-order valence-electron chi connectivity index (χ2n) is 4.12. The normalized spacial score (nSPS) is 10.2. The van der Waals surface area contributed by atoms with Crippen molar-refractivity contribution in [2.45, 2.75) is 13.8 Å². The lowest BCUT2D eigenvalue weighted by molar-refractivity contribution is 0.0528. The van der Waals surface area contributed by atoms with Gasteiger partial charge in [0.15, 0.2) is 0 Å². The Morgan fingerprint density at radius 3 is 2.86 bits per heavy atom. The average Bonchev–Trinajstić information content (AvgIpc) is 2.80. The molecule has 21 heavy (non-hydrogen) atoms. The van der Waals surface area contributed by atoms with Crippen LogP contribution in [0.2, 0.25) is 0 Å². The van der Waals surface area contributed by atoms with Crippen molar-refractivity contribution in [1.82, 2.24) is 4.98 Å². The molecule has 0 unspecified atom stereocenters. The number of anilines is 1. The number of aryl methyl sites for hydroxylation is 1. The number of nitrogens with one attached hydrogen (secondary N) is 1. The molecule has 0 saturated heterocycles. The van der Waals surface area contributed by atoms with Crippen molar-refractivity contribution in [1.29, 1.82) is 0 Å². The molecule has 2 heterocycles. The Balaban J connectivity index is 2.23. The fourth-order valence-electron chi connectivity index (χ4n) is 1.67. The zero-order valence-electron chi connectivity index (χ0n) is 11.5. The molecule has 0 bridgehead atoms. The van der Waals surface area contributed by atoms with E-state index in [1.165, 1.54) is 23.5 Å². The third kappa shape index (κ3) is 3.63. The first-order valence-electron chi connectivity index (χ1n) is 6.22. The van der Waals surface area contributed by atoms with Crippen molar-refractivity contribution in [3.63, 3.8) is 0 Å². The third-order valence-electron chi connectivity index (χ3n) is 2.53. The molecule has 0 saturated carbocycles. The quantitative estimate of drug-likeness (QED) is 0.696. The van der Waals surface area contributed by atoms with Crippen LogP contribution in [0.4, 0.5) is 9.39 Å². The number of carbonyl (C=O) groups excluding carboxylic acids is 2. The predicted octanol–water partition coefficient (Wildman–Crippen LogP) is 3.02. The van der Waals surface area contributed by atoms with Crippen molar-refractivity contribution in [2.24, 2.45) is 0 Å². The molecular formula is C14H13FN2O3S. The average molecular weight is 308 g/mol. The number of halogens is 1. The van der Waals surface area contributed by atoms with E-state index in [2.05, 4.69) is 10.3 Å². The SMILES string of the molecule is CCOC(=O)c1cc(C)sc1NC(=O)c1cccc(F)n1. The summed E-state index contributed by atoms with van der Waals surface area (Å²) in [6.45, 7) is 3.75. The second-order valence-corrected chi connectivity index (χ2v) is 5.38. The van der Waals surface area contributed by atoms with Gasteiger partial charge in [-0.1, -0.05) is 6.07 Å². The van der Waals surface area contributed by atoms with Crippen LogP contribution in [0, 0.1) is 12.9 Å². The summed E-state index contributed by atoms with van der Waals surface area (Å²) in [5, 5.41) is 2.93. The standard InChI is InChI=1S/C14H13FN2O3S/c1-3-20-14(19)9-7-8(2)21-13(9)17-12(18)10-5-4-6-11(15)16-10/h4-7H,3H2,1-2H3,(H,17,18). The van der Waals surface area contributed by atoms with Gasteiger partial charge in [-0.15, -0.1) is 11.3 Å². The molecule has 110 valence electrons. The van der Waals surface area contributed by atoms with Crippen LogP contribution in [0.1, 0.15) is 32.6 Å². The zero-order chi connectivity index (χ0) is 15.4. The summed E-state index contributed by atoms with van der Waals surface area (Å²) >= 11 is 1.24. The number of ether oxygens (including phenoxy) is 1. The maximum atomic E-state index is 13.0. The van der Waals surface area contributed by atoms with Gasteiger partial charge in [-0.3, -0.25) is 4.79 Å². The lowest BCUT2D eigenvalue weighted by Gasteiger charge is -2.05. The summed E-state index contributed by atoms with van der Waals surface area (Å²) in [6.07, 6.45) is 0. The number of aromatic nitrogens is 1. The van der Waals surface area contributed by atoms with Crippen LogP contribution in [0.25, 0.3) is 0 Å². The fourth-order valence-corrected chi connectivity index (χ4v) is 2.56. The minimum atomic E-state index is -0.740. The van der Waals surface area contributed by atoms with Crippen molar-refractivity contribution in [3.05, 3.63) is 46.3 Å². The van der Waals surface area contributed by atoms with Crippen molar-refractivity contribution >= 4 is 28.2 Å². The van der Waals surface area contributed by atoms with E-state index >= 15 is 0 Å². The number of pyridine rings is 1. The molecule has 0 aromatic carbocycles. The maximum absolute atomic E-state index is 13.0. The summed E-state index contributed by atoms with van der Waals surface area (Å²) in [7, 11) is 0. The van der Waals surface area contributed by atoms with Gasteiger partial charge in [-0.05, 0) is 32.0 Å². The van der Waals surface area contributed by atoms with Crippen molar-refractivity contribution in [3.8, 4) is 0 Å². The summed E-state index contributed by atoms with van der Waals surface area (Å²) in [6, 6.07) is 5.57. The first-order chi connectivity index (χ1) is 10.0. The van der Waals surface area contributed by atoms with Gasteiger partial charge < -0.3 is 10.1 Å². The number of rotatable bonds is 4. The van der Waals surface area contributed by atoms with Gasteiger partial charge in [0.2, 0.25) is 5.95 Å². The van der Waals surface area contributed by atoms with Gasteiger partial charge in [0.05, 0.1) is 12.2 Å². The van der Waals surface area contributed by atoms with Crippen molar-refractivity contribution < 1.29 is 18.7 Å². The summed E-state index contributed by atoms with van der Waals surface area (Å²) < 4.78 is 17.9. The smallest absolute Gasteiger partial charge is 0.341 e. The van der Waals surface area contributed by atoms with Gasteiger partial charge in [0.1, 0.15) is 10.7 Å². The van der Waals surface area contributed by atoms with E-state index < -0.39 is 17.8 Å². The molecule has 2 aromatic heterocycles. The minimum absolute atomic E-state index is 0.0594. The molecule has 0 radical (unpaired) electrons. The maximum Gasteiger partial charge on any atom is 0.341 e. The highest BCUT2D eigenvalue weighted by Gasteiger charge is 2.19. The van der Waals surface area contributed by atoms with E-state index in [-0.39, 0.29) is 17.9 Å². The summed E-state index contributed by atoms with van der Waals surface area (Å²) in [5.74, 6) is -1.83. The Morgan fingerprint density at radius 2 is 2.19 bits per heavy atom. The molecule has 1 amide bonds. The van der Waals surface area contributed by atoms with E-state index in [0.29, 0.717) is 5.00 Å². The van der Waals surface area contributed by atoms with Crippen LogP contribution in [0.3, 0.4) is 0 Å². The van der Waals surface area contributed by atoms with Crippen LogP contribution in [0.15, 0.2) is 24.3 Å². The monoisotopic (exact) mass is 308 g/mol. The zero-order valence-corrected chi connectivity index (χ0v) is 12.3. The van der Waals surface area contributed by atoms with Gasteiger partial charge in [-0.25, -0.2) is 9.78 Å². The Hall–Kier alpha value is -2.28. The molecular weight excluding hydrogens is 295 g/mol. The highest BCUT2D eigenvalue weighted by Crippen LogP contribution is 2.28. The highest BCUT2D eigenvalue weighted by atomic mass is 32.1. The third-order valence-corrected chi connectivity index (χ3v) is 3.49. The van der Waals surface area contributed by atoms with E-state index in [9.17, 15) is 14.0 Å². The Bertz CT molecular complexity index is 685. The largest absolute Gasteiger partial charge is 0.462 e. The van der Waals surface area contributed by atoms with E-state index in [1.807, 2.05) is 6.92 Å². The van der Waals surface area contributed by atoms with Crippen LogP contribution in [-0.4, -0.2) is 23.5 Å². The predicted molar refractivity (Wildman–Crippen MR) is 77.2 cm³/mol. The van der Waals surface area contributed by atoms with Gasteiger partial charge in [-0.2, -0.15) is 4.39 Å². The van der Waals surface area contributed by atoms with E-state index in [0.717, 1.165) is 10.9 Å². The molecule has 0 atom stereocenters. The van der Waals surface area contributed by atoms with Crippen LogP contribution in [0.5, 0.6) is 0 Å². The first-order valence-corrected chi connectivity index (χ1v) is 7.04. The van der Waals surface area contributed by atoms with E-state index in [1.54, 1.807) is 13.0 Å². The second kappa shape index (κ2) is 6.45.